The topological polar surface area (TPSA) is 82.2 Å². The summed E-state index contributed by atoms with van der Waals surface area (Å²) in [5.74, 6) is -0.233. The zero-order chi connectivity index (χ0) is 10.8. The van der Waals surface area contributed by atoms with E-state index >= 15 is 0 Å². The van der Waals surface area contributed by atoms with Crippen LogP contribution in [0, 0.1) is 0 Å². The highest BCUT2D eigenvalue weighted by Crippen LogP contribution is 2.10. The van der Waals surface area contributed by atoms with Gasteiger partial charge in [-0.15, -0.1) is 0 Å². The number of hydrogen-bond donors (Lipinski definition) is 2. The van der Waals surface area contributed by atoms with Crippen LogP contribution < -0.4 is 11.1 Å². The SMILES string of the molecule is Cn1cc(N)c(C(=O)NC2CCOC2)n1. The number of amides is 1. The molecular formula is C9H14N4O2. The number of rotatable bonds is 2. The Balaban J connectivity index is 2.03. The second-order valence-corrected chi connectivity index (χ2v) is 3.64. The Bertz CT molecular complexity index is 368. The summed E-state index contributed by atoms with van der Waals surface area (Å²) >= 11 is 0. The van der Waals surface area contributed by atoms with Gasteiger partial charge in [-0.25, -0.2) is 0 Å². The molecule has 6 heteroatoms. The standard InChI is InChI=1S/C9H14N4O2/c1-13-4-7(10)8(12-13)9(14)11-6-2-3-15-5-6/h4,6H,2-3,5,10H2,1H3,(H,11,14). The Hall–Kier alpha value is -1.56. The molecule has 0 saturated carbocycles. The van der Waals surface area contributed by atoms with Gasteiger partial charge in [0.15, 0.2) is 5.69 Å². The third-order valence-electron chi connectivity index (χ3n) is 2.34. The highest BCUT2D eigenvalue weighted by atomic mass is 16.5. The number of aryl methyl sites for hydroxylation is 1. The van der Waals surface area contributed by atoms with Crippen LogP contribution in [0.4, 0.5) is 5.69 Å². The summed E-state index contributed by atoms with van der Waals surface area (Å²) in [6.07, 6.45) is 2.46. The molecule has 2 heterocycles. The molecule has 0 spiro atoms. The zero-order valence-corrected chi connectivity index (χ0v) is 8.56. The molecule has 15 heavy (non-hydrogen) atoms. The van der Waals surface area contributed by atoms with Gasteiger partial charge in [-0.1, -0.05) is 0 Å². The number of hydrogen-bond acceptors (Lipinski definition) is 4. The smallest absolute Gasteiger partial charge is 0.274 e. The van der Waals surface area contributed by atoms with Crippen LogP contribution >= 0.6 is 0 Å². The number of carbonyl (C=O) groups is 1. The van der Waals surface area contributed by atoms with E-state index in [1.165, 1.54) is 4.68 Å². The highest BCUT2D eigenvalue weighted by Gasteiger charge is 2.21. The van der Waals surface area contributed by atoms with Gasteiger partial charge in [0.1, 0.15) is 0 Å². The molecule has 2 rings (SSSR count). The molecule has 1 fully saturated rings. The van der Waals surface area contributed by atoms with Crippen LogP contribution in [0.25, 0.3) is 0 Å². The van der Waals surface area contributed by atoms with Crippen LogP contribution in [0.5, 0.6) is 0 Å². The fourth-order valence-electron chi connectivity index (χ4n) is 1.59. The molecule has 0 aromatic carbocycles. The number of nitrogens with zero attached hydrogens (tertiary/aromatic N) is 2. The van der Waals surface area contributed by atoms with Crippen molar-refractivity contribution in [3.8, 4) is 0 Å². The number of nitrogens with two attached hydrogens (primary N) is 1. The van der Waals surface area contributed by atoms with E-state index in [0.717, 1.165) is 6.42 Å². The molecule has 1 unspecified atom stereocenters. The van der Waals surface area contributed by atoms with Crippen LogP contribution in [0.2, 0.25) is 0 Å². The normalized spacial score (nSPS) is 20.5. The predicted molar refractivity (Wildman–Crippen MR) is 54.3 cm³/mol. The lowest BCUT2D eigenvalue weighted by molar-refractivity contribution is 0.0925. The van der Waals surface area contributed by atoms with Gasteiger partial charge in [0.05, 0.1) is 18.3 Å². The first-order valence-electron chi connectivity index (χ1n) is 4.84. The molecule has 1 saturated heterocycles. The van der Waals surface area contributed by atoms with E-state index in [0.29, 0.717) is 18.9 Å². The largest absolute Gasteiger partial charge is 0.396 e. The summed E-state index contributed by atoms with van der Waals surface area (Å²) in [5.41, 5.74) is 6.32. The summed E-state index contributed by atoms with van der Waals surface area (Å²) in [5, 5.41) is 6.82. The van der Waals surface area contributed by atoms with Crippen LogP contribution in [0.3, 0.4) is 0 Å². The second kappa shape index (κ2) is 3.90. The molecular weight excluding hydrogens is 196 g/mol. The van der Waals surface area contributed by atoms with Gasteiger partial charge in [-0.05, 0) is 6.42 Å². The summed E-state index contributed by atoms with van der Waals surface area (Å²) < 4.78 is 6.68. The highest BCUT2D eigenvalue weighted by molar-refractivity contribution is 5.97. The Morgan fingerprint density at radius 2 is 2.60 bits per heavy atom. The van der Waals surface area contributed by atoms with Crippen molar-refractivity contribution < 1.29 is 9.53 Å². The first-order valence-corrected chi connectivity index (χ1v) is 4.84. The van der Waals surface area contributed by atoms with E-state index in [2.05, 4.69) is 10.4 Å². The van der Waals surface area contributed by atoms with Gasteiger partial charge < -0.3 is 15.8 Å². The maximum absolute atomic E-state index is 11.7. The minimum absolute atomic E-state index is 0.0823. The average Bonchev–Trinajstić information content (AvgIpc) is 2.75. The van der Waals surface area contributed by atoms with Crippen molar-refractivity contribution in [1.29, 1.82) is 0 Å². The lowest BCUT2D eigenvalue weighted by atomic mass is 10.2. The Labute approximate surface area is 87.4 Å². The van der Waals surface area contributed by atoms with E-state index in [-0.39, 0.29) is 17.6 Å². The van der Waals surface area contributed by atoms with Gasteiger partial charge in [0.25, 0.3) is 5.91 Å². The van der Waals surface area contributed by atoms with Crippen molar-refractivity contribution in [2.24, 2.45) is 7.05 Å². The minimum Gasteiger partial charge on any atom is -0.396 e. The lowest BCUT2D eigenvalue weighted by Crippen LogP contribution is -2.35. The molecule has 1 aromatic rings. The number of carbonyl (C=O) groups excluding carboxylic acids is 1. The molecule has 3 N–H and O–H groups in total. The fraction of sp³-hybridized carbons (Fsp3) is 0.556. The summed E-state index contributed by atoms with van der Waals surface area (Å²) in [6.45, 7) is 1.27. The van der Waals surface area contributed by atoms with Gasteiger partial charge in [0, 0.05) is 19.9 Å². The number of aromatic nitrogens is 2. The third kappa shape index (κ3) is 2.10. The van der Waals surface area contributed by atoms with Gasteiger partial charge in [-0.3, -0.25) is 9.48 Å². The van der Waals surface area contributed by atoms with Crippen molar-refractivity contribution in [1.82, 2.24) is 15.1 Å². The lowest BCUT2D eigenvalue weighted by Gasteiger charge is -2.08. The second-order valence-electron chi connectivity index (χ2n) is 3.64. The van der Waals surface area contributed by atoms with Crippen molar-refractivity contribution in [3.63, 3.8) is 0 Å². The van der Waals surface area contributed by atoms with Crippen LogP contribution in [-0.2, 0) is 11.8 Å². The van der Waals surface area contributed by atoms with E-state index in [1.54, 1.807) is 13.2 Å². The molecule has 6 nitrogen and oxygen atoms in total. The van der Waals surface area contributed by atoms with Crippen LogP contribution in [0.1, 0.15) is 16.9 Å². The molecule has 1 aliphatic heterocycles. The summed E-state index contributed by atoms with van der Waals surface area (Å²) in [4.78, 5) is 11.7. The van der Waals surface area contributed by atoms with E-state index < -0.39 is 0 Å². The quantitative estimate of drug-likeness (QED) is 0.690. The van der Waals surface area contributed by atoms with Gasteiger partial charge >= 0.3 is 0 Å². The van der Waals surface area contributed by atoms with Crippen LogP contribution in [-0.4, -0.2) is 34.9 Å². The van der Waals surface area contributed by atoms with E-state index in [9.17, 15) is 4.79 Å². The van der Waals surface area contributed by atoms with Crippen molar-refractivity contribution >= 4 is 11.6 Å². The first-order chi connectivity index (χ1) is 7.16. The molecule has 0 bridgehead atoms. The maximum Gasteiger partial charge on any atom is 0.274 e. The van der Waals surface area contributed by atoms with Gasteiger partial charge in [-0.2, -0.15) is 5.10 Å². The Morgan fingerprint density at radius 1 is 1.80 bits per heavy atom. The molecule has 1 amide bonds. The Kier molecular flexibility index (Phi) is 2.59. The van der Waals surface area contributed by atoms with Crippen molar-refractivity contribution in [2.45, 2.75) is 12.5 Å². The molecule has 0 aliphatic carbocycles. The van der Waals surface area contributed by atoms with Crippen molar-refractivity contribution in [3.05, 3.63) is 11.9 Å². The zero-order valence-electron chi connectivity index (χ0n) is 8.56. The maximum atomic E-state index is 11.7. The van der Waals surface area contributed by atoms with E-state index in [4.69, 9.17) is 10.5 Å². The Morgan fingerprint density at radius 3 is 3.13 bits per heavy atom. The van der Waals surface area contributed by atoms with Crippen LogP contribution in [0.15, 0.2) is 6.20 Å². The average molecular weight is 210 g/mol. The number of anilines is 1. The van der Waals surface area contributed by atoms with Gasteiger partial charge in [0.2, 0.25) is 0 Å². The molecule has 0 radical (unpaired) electrons. The summed E-state index contributed by atoms with van der Waals surface area (Å²) in [6, 6.07) is 0.0823. The van der Waals surface area contributed by atoms with Crippen molar-refractivity contribution in [2.75, 3.05) is 18.9 Å². The fourth-order valence-corrected chi connectivity index (χ4v) is 1.59. The number of ether oxygens (including phenoxy) is 1. The van der Waals surface area contributed by atoms with E-state index in [1.807, 2.05) is 0 Å². The predicted octanol–water partition coefficient (Wildman–Crippen LogP) is -0.479. The molecule has 1 aliphatic rings. The summed E-state index contributed by atoms with van der Waals surface area (Å²) in [7, 11) is 1.73. The molecule has 82 valence electrons. The minimum atomic E-state index is -0.233. The molecule has 1 aromatic heterocycles. The number of nitrogens with one attached hydrogen (secondary N) is 1. The molecule has 1 atom stereocenters. The first kappa shape index (κ1) is 9.97. The third-order valence-corrected chi connectivity index (χ3v) is 2.34. The monoisotopic (exact) mass is 210 g/mol. The number of nitrogen functional groups attached to an aromatic ring is 1.